The van der Waals surface area contributed by atoms with Gasteiger partial charge in [0, 0.05) is 25.5 Å². The van der Waals surface area contributed by atoms with Crippen molar-refractivity contribution in [2.75, 3.05) is 31.3 Å². The fourth-order valence-corrected chi connectivity index (χ4v) is 21.7. The minimum absolute atomic E-state index is 0.385. The molecule has 0 saturated carbocycles. The molecular weight excluding hydrogens is 749 g/mol. The highest BCUT2D eigenvalue weighted by molar-refractivity contribution is 9.10. The van der Waals surface area contributed by atoms with Crippen molar-refractivity contribution in [3.8, 4) is 0 Å². The average molecular weight is 777 g/mol. The van der Waals surface area contributed by atoms with Gasteiger partial charge in [-0.25, -0.2) is 0 Å². The molecular formula is C30H28N6O7S6. The van der Waals surface area contributed by atoms with Gasteiger partial charge in [0.1, 0.15) is 24.5 Å². The molecule has 5 N–H and O–H groups in total. The second-order valence-corrected chi connectivity index (χ2v) is 22.5. The molecule has 10 unspecified atom stereocenters. The number of nitrogens with zero attached hydrogens (tertiary/aromatic N) is 4. The number of nitrogens with one attached hydrogen (secondary N) is 2. The van der Waals surface area contributed by atoms with E-state index in [4.69, 9.17) is 0 Å². The van der Waals surface area contributed by atoms with Crippen molar-refractivity contribution in [2.24, 2.45) is 0 Å². The van der Waals surface area contributed by atoms with Gasteiger partial charge in [-0.2, -0.15) is 0 Å². The lowest BCUT2D eigenvalue weighted by Crippen LogP contribution is -2.75. The van der Waals surface area contributed by atoms with E-state index in [0.29, 0.717) is 22.5 Å². The largest absolute Gasteiger partial charge is 0.392 e. The van der Waals surface area contributed by atoms with Crippen LogP contribution in [0.2, 0.25) is 0 Å². The van der Waals surface area contributed by atoms with Gasteiger partial charge in [0.15, 0.2) is 4.87 Å². The summed E-state index contributed by atoms with van der Waals surface area (Å²) in [6, 6.07) is 14.5. The Morgan fingerprint density at radius 1 is 0.673 bits per heavy atom. The van der Waals surface area contributed by atoms with Gasteiger partial charge in [0.2, 0.25) is 14.6 Å². The lowest BCUT2D eigenvalue weighted by molar-refractivity contribution is -0.168. The summed E-state index contributed by atoms with van der Waals surface area (Å²) in [5.74, 6) is -1.99. The molecule has 49 heavy (non-hydrogen) atoms. The number of carbonyl (C=O) groups excluding carboxylic acids is 4. The molecule has 10 atom stereocenters. The molecule has 0 aliphatic carbocycles. The average Bonchev–Trinajstić information content (AvgIpc) is 3.64. The lowest BCUT2D eigenvalue weighted by Gasteiger charge is -2.51. The minimum Gasteiger partial charge on any atom is -0.392 e. The normalized spacial score (nSPS) is 45.3. The Kier molecular flexibility index (Phi) is 6.11. The maximum absolute atomic E-state index is 15.0. The zero-order valence-corrected chi connectivity index (χ0v) is 30.7. The first-order valence-corrected chi connectivity index (χ1v) is 22.4. The SMILES string of the molecule is CN1C(=O)C23SSSC1(C)C(=O)N2C1Nc2ccccc2C1(C12c4ccccc4NC1N1C(=O)C4(CO)SSSC1(C(=O)N4C)C2O)C3O. The van der Waals surface area contributed by atoms with E-state index >= 15 is 0 Å². The Hall–Kier alpha value is -2.10. The predicted octanol–water partition coefficient (Wildman–Crippen LogP) is 1.60. The monoisotopic (exact) mass is 776 g/mol. The fraction of sp³-hybridized carbons (Fsp3) is 0.467. The van der Waals surface area contributed by atoms with Crippen LogP contribution in [0.15, 0.2) is 48.5 Å². The maximum Gasteiger partial charge on any atom is 0.265 e. The standard InChI is InChI=1S/C30H28N6O7S6/c1-25-21(40)35-19-27(13-8-4-6-10-15(13)31-19,17(38)29(35,46-48-44-25)23(42)33(25)2)28-14-9-5-7-11-16(14)32-20(28)36-22(41)26(12-37)34(3)24(43)30(36,18(28)39)47-49-45-26/h4-11,17-20,31-32,37-39H,12H2,1-3H3. The smallest absolute Gasteiger partial charge is 0.265 e. The van der Waals surface area contributed by atoms with E-state index in [1.165, 1.54) is 47.3 Å². The molecule has 10 aliphatic heterocycles. The van der Waals surface area contributed by atoms with Crippen LogP contribution in [0.4, 0.5) is 11.4 Å². The number of likely N-dealkylation sites (N-methyl/N-ethyl adjacent to an activating group) is 2. The number of benzene rings is 2. The van der Waals surface area contributed by atoms with Crippen molar-refractivity contribution in [1.82, 2.24) is 19.6 Å². The van der Waals surface area contributed by atoms with Crippen molar-refractivity contribution in [2.45, 2.75) is 61.8 Å². The van der Waals surface area contributed by atoms with E-state index in [1.54, 1.807) is 26.1 Å². The minimum atomic E-state index is -1.91. The first kappa shape index (κ1) is 31.6. The summed E-state index contributed by atoms with van der Waals surface area (Å²) in [5.41, 5.74) is -1.20. The van der Waals surface area contributed by atoms with Crippen LogP contribution in [-0.4, -0.2) is 123 Å². The highest BCUT2D eigenvalue weighted by Gasteiger charge is 2.92. The van der Waals surface area contributed by atoms with Gasteiger partial charge in [-0.15, -0.1) is 0 Å². The first-order chi connectivity index (χ1) is 23.4. The molecule has 10 heterocycles. The molecule has 12 rings (SSSR count). The molecule has 2 aromatic rings. The Morgan fingerprint density at radius 2 is 1.14 bits per heavy atom. The molecule has 2 spiro atoms. The summed E-state index contributed by atoms with van der Waals surface area (Å²) < 4.78 is 0. The number of hydrogen-bond donors (Lipinski definition) is 5. The van der Waals surface area contributed by atoms with Gasteiger partial charge < -0.3 is 35.8 Å². The molecule has 256 valence electrons. The molecule has 4 amide bonds. The summed E-state index contributed by atoms with van der Waals surface area (Å²) in [7, 11) is 9.91. The number of aliphatic hydroxyl groups excluding tert-OH is 3. The molecule has 8 saturated heterocycles. The number of rotatable bonds is 2. The summed E-state index contributed by atoms with van der Waals surface area (Å²) in [6.07, 6.45) is -5.61. The summed E-state index contributed by atoms with van der Waals surface area (Å²) in [5, 5.41) is 44.7. The number of para-hydroxylation sites is 2. The van der Waals surface area contributed by atoms with Crippen LogP contribution in [0.25, 0.3) is 0 Å². The van der Waals surface area contributed by atoms with Gasteiger partial charge in [0.25, 0.3) is 23.6 Å². The maximum atomic E-state index is 15.0. The number of carbonyl (C=O) groups is 4. The molecule has 4 bridgehead atoms. The summed E-state index contributed by atoms with van der Waals surface area (Å²) in [6.45, 7) is 1.03. The highest BCUT2D eigenvalue weighted by Crippen LogP contribution is 2.78. The van der Waals surface area contributed by atoms with Crippen LogP contribution in [0.1, 0.15) is 18.1 Å². The topological polar surface area (TPSA) is 166 Å². The number of fused-ring (bicyclic) bond motifs is 13. The second kappa shape index (κ2) is 9.46. The molecule has 13 nitrogen and oxygen atoms in total. The van der Waals surface area contributed by atoms with Crippen LogP contribution in [0, 0.1) is 0 Å². The van der Waals surface area contributed by atoms with Crippen molar-refractivity contribution in [3.05, 3.63) is 59.7 Å². The molecule has 8 fully saturated rings. The zero-order valence-electron chi connectivity index (χ0n) is 25.8. The van der Waals surface area contributed by atoms with Crippen molar-refractivity contribution in [3.63, 3.8) is 0 Å². The zero-order chi connectivity index (χ0) is 34.3. The third kappa shape index (κ3) is 2.86. The molecule has 2 aromatic carbocycles. The number of anilines is 2. The summed E-state index contributed by atoms with van der Waals surface area (Å²) >= 11 is 0. The molecule has 10 aliphatic rings. The van der Waals surface area contributed by atoms with E-state index in [-0.39, 0.29) is 5.91 Å². The van der Waals surface area contributed by atoms with Crippen LogP contribution in [0.5, 0.6) is 0 Å². The van der Waals surface area contributed by atoms with Gasteiger partial charge in [-0.1, -0.05) is 36.4 Å². The third-order valence-electron chi connectivity index (χ3n) is 12.2. The van der Waals surface area contributed by atoms with Gasteiger partial charge >= 0.3 is 0 Å². The number of aliphatic hydroxyl groups is 3. The molecule has 19 heteroatoms. The van der Waals surface area contributed by atoms with E-state index in [0.717, 1.165) is 42.2 Å². The van der Waals surface area contributed by atoms with E-state index in [9.17, 15) is 34.5 Å². The highest BCUT2D eigenvalue weighted by atomic mass is 33.5. The van der Waals surface area contributed by atoms with Crippen LogP contribution in [-0.2, 0) is 30.0 Å². The van der Waals surface area contributed by atoms with E-state index in [1.807, 2.05) is 36.4 Å². The third-order valence-corrected chi connectivity index (χ3v) is 22.4. The number of hydrogen-bond acceptors (Lipinski definition) is 15. The Balaban J connectivity index is 1.35. The Morgan fingerprint density at radius 3 is 1.67 bits per heavy atom. The quantitative estimate of drug-likeness (QED) is 0.279. The number of amides is 4. The number of piperazine rings is 2. The van der Waals surface area contributed by atoms with Gasteiger partial charge in [-0.3, -0.25) is 29.0 Å². The van der Waals surface area contributed by atoms with E-state index < -0.39 is 79.2 Å². The molecule has 0 aromatic heterocycles. The van der Waals surface area contributed by atoms with Gasteiger partial charge in [-0.05, 0) is 93.0 Å². The van der Waals surface area contributed by atoms with Crippen LogP contribution in [0.3, 0.4) is 0 Å². The first-order valence-electron chi connectivity index (χ1n) is 15.4. The molecule has 0 radical (unpaired) electrons. The van der Waals surface area contributed by atoms with E-state index in [2.05, 4.69) is 10.6 Å². The van der Waals surface area contributed by atoms with Crippen molar-refractivity contribution < 1.29 is 34.5 Å². The van der Waals surface area contributed by atoms with Gasteiger partial charge in [0.05, 0.1) is 17.4 Å². The van der Waals surface area contributed by atoms with Crippen LogP contribution >= 0.6 is 62.8 Å². The Labute approximate surface area is 303 Å². The fourth-order valence-electron chi connectivity index (χ4n) is 9.90. The van der Waals surface area contributed by atoms with Crippen molar-refractivity contribution >= 4 is 97.8 Å². The lowest BCUT2D eigenvalue weighted by atomic mass is 9.52. The predicted molar refractivity (Wildman–Crippen MR) is 192 cm³/mol. The summed E-state index contributed by atoms with van der Waals surface area (Å²) in [4.78, 5) is 58.3. The Bertz CT molecular complexity index is 1960. The van der Waals surface area contributed by atoms with Crippen molar-refractivity contribution in [1.29, 1.82) is 0 Å². The van der Waals surface area contributed by atoms with Crippen LogP contribution < -0.4 is 10.6 Å². The second-order valence-electron chi connectivity index (χ2n) is 13.6.